The first-order chi connectivity index (χ1) is 16.6. The summed E-state index contributed by atoms with van der Waals surface area (Å²) in [5.41, 5.74) is 6.38. The van der Waals surface area contributed by atoms with Gasteiger partial charge in [0.25, 0.3) is 0 Å². The molecule has 8 heteroatoms. The first-order valence-electron chi connectivity index (χ1n) is 13.1. The normalized spacial score (nSPS) is 15.1. The Morgan fingerprint density at radius 3 is 2.15 bits per heavy atom. The molecule has 2 rings (SSSR count). The molecule has 0 saturated heterocycles. The van der Waals surface area contributed by atoms with E-state index in [1.807, 2.05) is 0 Å². The Labute approximate surface area is 204 Å². The smallest absolute Gasteiger partial charge is 0.242 e. The molecule has 1 aromatic carbocycles. The summed E-state index contributed by atoms with van der Waals surface area (Å²) in [6.07, 6.45) is 9.63. The summed E-state index contributed by atoms with van der Waals surface area (Å²) in [6.45, 7) is 5.12. The molecule has 0 unspecified atom stereocenters. The van der Waals surface area contributed by atoms with Crippen molar-refractivity contribution in [1.29, 1.82) is 0 Å². The van der Waals surface area contributed by atoms with Crippen LogP contribution in [0.15, 0.2) is 24.3 Å². The van der Waals surface area contributed by atoms with E-state index in [4.69, 9.17) is 5.73 Å². The van der Waals surface area contributed by atoms with E-state index in [0.717, 1.165) is 89.7 Å². The first kappa shape index (κ1) is 28.1. The van der Waals surface area contributed by atoms with Crippen LogP contribution >= 0.6 is 0 Å². The van der Waals surface area contributed by atoms with Crippen LogP contribution in [0.3, 0.4) is 0 Å². The standard InChI is InChI=1S/C26H45N5O3/c27-14-6-17-28-15-4-5-16-29-18-7-19-30-26(34)24(20-21-10-12-23(32)13-11-21)31-25(33)22-8-2-1-3-9-22/h10-13,22,24,28-29,32H,1-9,14-20,27H2,(H,30,34)(H,31,33)/t24-/m0/s1. The lowest BCUT2D eigenvalue weighted by atomic mass is 9.88. The number of phenols is 1. The molecule has 34 heavy (non-hydrogen) atoms. The zero-order chi connectivity index (χ0) is 24.4. The van der Waals surface area contributed by atoms with Crippen LogP contribution in [-0.2, 0) is 16.0 Å². The van der Waals surface area contributed by atoms with Crippen LogP contribution in [0.5, 0.6) is 5.75 Å². The third kappa shape index (κ3) is 11.8. The topological polar surface area (TPSA) is 129 Å². The highest BCUT2D eigenvalue weighted by molar-refractivity contribution is 5.88. The largest absolute Gasteiger partial charge is 0.508 e. The summed E-state index contributed by atoms with van der Waals surface area (Å²) < 4.78 is 0. The van der Waals surface area contributed by atoms with E-state index in [1.54, 1.807) is 24.3 Å². The fraction of sp³-hybridized carbons (Fsp3) is 0.692. The minimum atomic E-state index is -0.612. The van der Waals surface area contributed by atoms with Crippen LogP contribution < -0.4 is 27.0 Å². The Morgan fingerprint density at radius 2 is 1.50 bits per heavy atom. The zero-order valence-electron chi connectivity index (χ0n) is 20.6. The van der Waals surface area contributed by atoms with Crippen LogP contribution in [0.25, 0.3) is 0 Å². The molecule has 7 N–H and O–H groups in total. The maximum absolute atomic E-state index is 12.9. The highest BCUT2D eigenvalue weighted by Crippen LogP contribution is 2.24. The molecule has 192 valence electrons. The Kier molecular flexibility index (Phi) is 14.3. The maximum atomic E-state index is 12.9. The number of carbonyl (C=O) groups excluding carboxylic acids is 2. The minimum Gasteiger partial charge on any atom is -0.508 e. The average Bonchev–Trinajstić information content (AvgIpc) is 2.86. The molecule has 1 atom stereocenters. The molecular formula is C26H45N5O3. The SMILES string of the molecule is NCCCNCCCCNCCCNC(=O)[C@H](Cc1ccc(O)cc1)NC(=O)C1CCCCC1. The number of rotatable bonds is 17. The van der Waals surface area contributed by atoms with Gasteiger partial charge in [-0.25, -0.2) is 0 Å². The fourth-order valence-corrected chi connectivity index (χ4v) is 4.26. The van der Waals surface area contributed by atoms with Crippen LogP contribution in [0.2, 0.25) is 0 Å². The lowest BCUT2D eigenvalue weighted by Gasteiger charge is -2.25. The number of phenolic OH excluding ortho intramolecular Hbond substituents is 1. The molecular weight excluding hydrogens is 430 g/mol. The van der Waals surface area contributed by atoms with Gasteiger partial charge in [0.15, 0.2) is 0 Å². The predicted octanol–water partition coefficient (Wildman–Crippen LogP) is 1.81. The Balaban J connectivity index is 1.69. The Bertz CT molecular complexity index is 692. The van der Waals surface area contributed by atoms with Gasteiger partial charge >= 0.3 is 0 Å². The third-order valence-electron chi connectivity index (χ3n) is 6.33. The summed E-state index contributed by atoms with van der Waals surface area (Å²) in [5, 5.41) is 22.3. The van der Waals surface area contributed by atoms with Crippen molar-refractivity contribution in [2.45, 2.75) is 70.3 Å². The molecule has 0 spiro atoms. The third-order valence-corrected chi connectivity index (χ3v) is 6.33. The number of aromatic hydroxyl groups is 1. The van der Waals surface area contributed by atoms with Gasteiger partial charge in [0, 0.05) is 18.9 Å². The zero-order valence-corrected chi connectivity index (χ0v) is 20.6. The van der Waals surface area contributed by atoms with E-state index in [1.165, 1.54) is 6.42 Å². The average molecular weight is 476 g/mol. The van der Waals surface area contributed by atoms with Crippen molar-refractivity contribution < 1.29 is 14.7 Å². The molecule has 2 amide bonds. The number of unbranched alkanes of at least 4 members (excludes halogenated alkanes) is 1. The van der Waals surface area contributed by atoms with Gasteiger partial charge in [-0.15, -0.1) is 0 Å². The minimum absolute atomic E-state index is 0.00364. The fourth-order valence-electron chi connectivity index (χ4n) is 4.26. The lowest BCUT2D eigenvalue weighted by Crippen LogP contribution is -2.50. The second-order valence-electron chi connectivity index (χ2n) is 9.26. The summed E-state index contributed by atoms with van der Waals surface area (Å²) >= 11 is 0. The molecule has 0 bridgehead atoms. The second-order valence-corrected chi connectivity index (χ2v) is 9.26. The summed E-state index contributed by atoms with van der Waals surface area (Å²) in [4.78, 5) is 25.7. The highest BCUT2D eigenvalue weighted by Gasteiger charge is 2.26. The molecule has 0 heterocycles. The molecule has 1 fully saturated rings. The summed E-state index contributed by atoms with van der Waals surface area (Å²) in [7, 11) is 0. The van der Waals surface area contributed by atoms with Crippen LogP contribution in [0.4, 0.5) is 0 Å². The molecule has 1 aliphatic carbocycles. The maximum Gasteiger partial charge on any atom is 0.242 e. The van der Waals surface area contributed by atoms with Gasteiger partial charge in [-0.05, 0) is 88.9 Å². The van der Waals surface area contributed by atoms with Gasteiger partial charge in [0.05, 0.1) is 0 Å². The number of nitrogens with one attached hydrogen (secondary N) is 4. The van der Waals surface area contributed by atoms with Crippen molar-refractivity contribution in [2.75, 3.05) is 39.3 Å². The van der Waals surface area contributed by atoms with Crippen molar-refractivity contribution in [2.24, 2.45) is 11.7 Å². The van der Waals surface area contributed by atoms with Crippen LogP contribution in [0, 0.1) is 5.92 Å². The van der Waals surface area contributed by atoms with E-state index in [0.29, 0.717) is 13.0 Å². The number of nitrogens with two attached hydrogens (primary N) is 1. The molecule has 8 nitrogen and oxygen atoms in total. The predicted molar refractivity (Wildman–Crippen MR) is 137 cm³/mol. The monoisotopic (exact) mass is 475 g/mol. The van der Waals surface area contributed by atoms with Gasteiger partial charge < -0.3 is 32.1 Å². The molecule has 0 radical (unpaired) electrons. The summed E-state index contributed by atoms with van der Waals surface area (Å²) in [6, 6.07) is 6.18. The second kappa shape index (κ2) is 17.3. The van der Waals surface area contributed by atoms with E-state index in [-0.39, 0.29) is 23.5 Å². The lowest BCUT2D eigenvalue weighted by molar-refractivity contribution is -0.131. The highest BCUT2D eigenvalue weighted by atomic mass is 16.3. The number of hydrogen-bond acceptors (Lipinski definition) is 6. The van der Waals surface area contributed by atoms with Gasteiger partial charge in [0.1, 0.15) is 11.8 Å². The van der Waals surface area contributed by atoms with Gasteiger partial charge in [0.2, 0.25) is 11.8 Å². The van der Waals surface area contributed by atoms with Gasteiger partial charge in [-0.2, -0.15) is 0 Å². The van der Waals surface area contributed by atoms with E-state index in [9.17, 15) is 14.7 Å². The number of hydrogen-bond donors (Lipinski definition) is 6. The molecule has 1 aromatic rings. The van der Waals surface area contributed by atoms with E-state index < -0.39 is 6.04 Å². The van der Waals surface area contributed by atoms with Crippen LogP contribution in [0.1, 0.15) is 63.4 Å². The Hall–Kier alpha value is -2.16. The van der Waals surface area contributed by atoms with Crippen LogP contribution in [-0.4, -0.2) is 62.2 Å². The van der Waals surface area contributed by atoms with Crippen molar-refractivity contribution in [1.82, 2.24) is 21.3 Å². The van der Waals surface area contributed by atoms with Crippen molar-refractivity contribution in [3.8, 4) is 5.75 Å². The quantitative estimate of drug-likeness (QED) is 0.191. The van der Waals surface area contributed by atoms with Gasteiger partial charge in [-0.3, -0.25) is 9.59 Å². The summed E-state index contributed by atoms with van der Waals surface area (Å²) in [5.74, 6) is 0.0221. The molecule has 1 aliphatic rings. The van der Waals surface area contributed by atoms with E-state index in [2.05, 4.69) is 21.3 Å². The molecule has 0 aliphatic heterocycles. The number of amides is 2. The van der Waals surface area contributed by atoms with Gasteiger partial charge in [-0.1, -0.05) is 31.4 Å². The number of carbonyl (C=O) groups is 2. The van der Waals surface area contributed by atoms with Crippen molar-refractivity contribution in [3.05, 3.63) is 29.8 Å². The Morgan fingerprint density at radius 1 is 0.882 bits per heavy atom. The molecule has 0 aromatic heterocycles. The van der Waals surface area contributed by atoms with E-state index >= 15 is 0 Å². The van der Waals surface area contributed by atoms with Crippen molar-refractivity contribution >= 4 is 11.8 Å². The first-order valence-corrected chi connectivity index (χ1v) is 13.1. The van der Waals surface area contributed by atoms with Crippen molar-refractivity contribution in [3.63, 3.8) is 0 Å². The molecule has 1 saturated carbocycles. The number of benzene rings is 1.